The average Bonchev–Trinajstić information content (AvgIpc) is 2.82. The number of halogens is 2. The first-order chi connectivity index (χ1) is 16.0. The number of amides is 2. The van der Waals surface area contributed by atoms with Crippen molar-refractivity contribution < 1.29 is 9.59 Å². The lowest BCUT2D eigenvalue weighted by Gasteiger charge is -2.32. The van der Waals surface area contributed by atoms with Crippen molar-refractivity contribution in [2.24, 2.45) is 5.92 Å². The Labute approximate surface area is 205 Å². The van der Waals surface area contributed by atoms with E-state index >= 15 is 0 Å². The smallest absolute Gasteiger partial charge is 0.257 e. The Hall–Kier alpha value is -2.08. The number of carbonyl (C=O) groups is 2. The lowest BCUT2D eigenvalue weighted by atomic mass is 9.92. The van der Waals surface area contributed by atoms with Crippen LogP contribution in [0.15, 0.2) is 42.5 Å². The van der Waals surface area contributed by atoms with Crippen LogP contribution in [0.5, 0.6) is 0 Å². The van der Waals surface area contributed by atoms with E-state index in [0.717, 1.165) is 56.6 Å². The zero-order chi connectivity index (χ0) is 23.2. The van der Waals surface area contributed by atoms with Crippen LogP contribution in [0.1, 0.15) is 60.9 Å². The highest BCUT2D eigenvalue weighted by atomic mass is 35.5. The molecule has 2 aromatic rings. The summed E-state index contributed by atoms with van der Waals surface area (Å²) in [5.41, 5.74) is 2.19. The van der Waals surface area contributed by atoms with Gasteiger partial charge in [-0.1, -0.05) is 54.6 Å². The van der Waals surface area contributed by atoms with Gasteiger partial charge in [-0.25, -0.2) is 0 Å². The first kappa shape index (κ1) is 24.1. The number of carbonyl (C=O) groups excluding carboxylic acids is 2. The van der Waals surface area contributed by atoms with Crippen LogP contribution in [-0.4, -0.2) is 35.8 Å². The summed E-state index contributed by atoms with van der Waals surface area (Å²) < 4.78 is 0. The number of likely N-dealkylation sites (tertiary alicyclic amines) is 1. The van der Waals surface area contributed by atoms with Crippen LogP contribution < -0.4 is 10.6 Å². The molecule has 0 bridgehead atoms. The predicted octanol–water partition coefficient (Wildman–Crippen LogP) is 5.91. The molecule has 0 radical (unpaired) electrons. The quantitative estimate of drug-likeness (QED) is 0.532. The maximum Gasteiger partial charge on any atom is 0.257 e. The predicted molar refractivity (Wildman–Crippen MR) is 134 cm³/mol. The fourth-order valence-corrected chi connectivity index (χ4v) is 5.17. The Morgan fingerprint density at radius 3 is 2.45 bits per heavy atom. The number of piperidine rings is 1. The topological polar surface area (TPSA) is 61.4 Å². The molecule has 0 atom stereocenters. The molecular weight excluding hydrogens is 457 g/mol. The van der Waals surface area contributed by atoms with Gasteiger partial charge in [0.15, 0.2) is 0 Å². The molecule has 1 heterocycles. The molecule has 2 aromatic carbocycles. The Morgan fingerprint density at radius 1 is 0.939 bits per heavy atom. The van der Waals surface area contributed by atoms with Gasteiger partial charge in [-0.15, -0.1) is 0 Å². The molecule has 7 heteroatoms. The van der Waals surface area contributed by atoms with Gasteiger partial charge in [0.1, 0.15) is 0 Å². The maximum absolute atomic E-state index is 12.7. The number of rotatable bonds is 6. The highest BCUT2D eigenvalue weighted by molar-refractivity contribution is 6.36. The van der Waals surface area contributed by atoms with E-state index in [-0.39, 0.29) is 17.7 Å². The van der Waals surface area contributed by atoms with Crippen LogP contribution in [0.3, 0.4) is 0 Å². The summed E-state index contributed by atoms with van der Waals surface area (Å²) in [6.45, 7) is 2.59. The SMILES string of the molecule is O=C(Nc1cccc(CN2CCC(C(=O)NC3CCCCC3)CC2)c1)c1cc(Cl)ccc1Cl. The van der Waals surface area contributed by atoms with Gasteiger partial charge in [0, 0.05) is 29.2 Å². The highest BCUT2D eigenvalue weighted by Crippen LogP contribution is 2.24. The van der Waals surface area contributed by atoms with E-state index in [1.54, 1.807) is 18.2 Å². The molecule has 1 aliphatic heterocycles. The summed E-state index contributed by atoms with van der Waals surface area (Å²) in [7, 11) is 0. The zero-order valence-corrected chi connectivity index (χ0v) is 20.3. The van der Waals surface area contributed by atoms with Crippen molar-refractivity contribution >= 4 is 40.7 Å². The van der Waals surface area contributed by atoms with Crippen molar-refractivity contribution in [1.29, 1.82) is 0 Å². The molecule has 0 spiro atoms. The molecule has 2 amide bonds. The van der Waals surface area contributed by atoms with Crippen LogP contribution in [-0.2, 0) is 11.3 Å². The van der Waals surface area contributed by atoms with Crippen LogP contribution in [0.2, 0.25) is 10.0 Å². The highest BCUT2D eigenvalue weighted by Gasteiger charge is 2.27. The molecule has 33 heavy (non-hydrogen) atoms. The van der Waals surface area contributed by atoms with Crippen molar-refractivity contribution in [3.8, 4) is 0 Å². The van der Waals surface area contributed by atoms with Gasteiger partial charge in [0.25, 0.3) is 5.91 Å². The molecule has 0 unspecified atom stereocenters. The van der Waals surface area contributed by atoms with E-state index in [2.05, 4.69) is 21.6 Å². The minimum Gasteiger partial charge on any atom is -0.353 e. The molecule has 1 saturated heterocycles. The minimum absolute atomic E-state index is 0.122. The first-order valence-corrected chi connectivity index (χ1v) is 12.6. The van der Waals surface area contributed by atoms with Gasteiger partial charge in [-0.2, -0.15) is 0 Å². The number of benzene rings is 2. The van der Waals surface area contributed by atoms with E-state index < -0.39 is 0 Å². The molecule has 1 aliphatic carbocycles. The third kappa shape index (κ3) is 6.72. The van der Waals surface area contributed by atoms with Crippen LogP contribution in [0.25, 0.3) is 0 Å². The normalized spacial score (nSPS) is 18.1. The van der Waals surface area contributed by atoms with Crippen molar-refractivity contribution in [2.45, 2.75) is 57.5 Å². The largest absolute Gasteiger partial charge is 0.353 e. The average molecular weight is 488 g/mol. The van der Waals surface area contributed by atoms with Gasteiger partial charge < -0.3 is 10.6 Å². The summed E-state index contributed by atoms with van der Waals surface area (Å²) in [5.74, 6) is 0.0756. The molecule has 2 aliphatic rings. The molecule has 5 nitrogen and oxygen atoms in total. The second-order valence-corrected chi connectivity index (χ2v) is 10.0. The second kappa shape index (κ2) is 11.4. The maximum atomic E-state index is 12.7. The first-order valence-electron chi connectivity index (χ1n) is 11.9. The standard InChI is InChI=1S/C26H31Cl2N3O2/c27-20-9-10-24(28)23(16-20)26(33)30-22-8-4-5-18(15-22)17-31-13-11-19(12-14-31)25(32)29-21-6-2-1-3-7-21/h4-5,8-10,15-16,19,21H,1-3,6-7,11-14,17H2,(H,29,32)(H,30,33). The van der Waals surface area contributed by atoms with Crippen molar-refractivity contribution in [1.82, 2.24) is 10.2 Å². The summed E-state index contributed by atoms with van der Waals surface area (Å²) in [6.07, 6.45) is 7.79. The van der Waals surface area contributed by atoms with Crippen LogP contribution >= 0.6 is 23.2 Å². The monoisotopic (exact) mass is 487 g/mol. The van der Waals surface area contributed by atoms with Crippen LogP contribution in [0, 0.1) is 5.92 Å². The zero-order valence-electron chi connectivity index (χ0n) is 18.8. The van der Waals surface area contributed by atoms with E-state index in [1.807, 2.05) is 18.2 Å². The summed E-state index contributed by atoms with van der Waals surface area (Å²) in [5, 5.41) is 7.03. The number of hydrogen-bond acceptors (Lipinski definition) is 3. The van der Waals surface area contributed by atoms with Gasteiger partial charge in [0.2, 0.25) is 5.91 Å². The Balaban J connectivity index is 1.28. The molecular formula is C26H31Cl2N3O2. The Morgan fingerprint density at radius 2 is 1.70 bits per heavy atom. The third-order valence-corrected chi connectivity index (χ3v) is 7.24. The molecule has 2 fully saturated rings. The van der Waals surface area contributed by atoms with Gasteiger partial charge in [-0.05, 0) is 74.7 Å². The lowest BCUT2D eigenvalue weighted by Crippen LogP contribution is -2.44. The van der Waals surface area contributed by atoms with Crippen molar-refractivity contribution in [3.63, 3.8) is 0 Å². The van der Waals surface area contributed by atoms with Gasteiger partial charge >= 0.3 is 0 Å². The van der Waals surface area contributed by atoms with E-state index in [0.29, 0.717) is 21.7 Å². The Kier molecular flexibility index (Phi) is 8.29. The van der Waals surface area contributed by atoms with Gasteiger partial charge in [0.05, 0.1) is 10.6 Å². The van der Waals surface area contributed by atoms with Crippen molar-refractivity contribution in [2.75, 3.05) is 18.4 Å². The molecule has 1 saturated carbocycles. The number of anilines is 1. The third-order valence-electron chi connectivity index (χ3n) is 6.67. The van der Waals surface area contributed by atoms with Crippen LogP contribution in [0.4, 0.5) is 5.69 Å². The lowest BCUT2D eigenvalue weighted by molar-refractivity contribution is -0.127. The van der Waals surface area contributed by atoms with Gasteiger partial charge in [-0.3, -0.25) is 14.5 Å². The summed E-state index contributed by atoms with van der Waals surface area (Å²) >= 11 is 12.2. The number of hydrogen-bond donors (Lipinski definition) is 2. The van der Waals surface area contributed by atoms with E-state index in [4.69, 9.17) is 23.2 Å². The molecule has 2 N–H and O–H groups in total. The molecule has 176 valence electrons. The second-order valence-electron chi connectivity index (χ2n) is 9.17. The number of nitrogens with zero attached hydrogens (tertiary/aromatic N) is 1. The number of nitrogens with one attached hydrogen (secondary N) is 2. The summed E-state index contributed by atoms with van der Waals surface area (Å²) in [4.78, 5) is 27.7. The minimum atomic E-state index is -0.288. The summed E-state index contributed by atoms with van der Waals surface area (Å²) in [6, 6.07) is 13.1. The van der Waals surface area contributed by atoms with E-state index in [9.17, 15) is 9.59 Å². The fourth-order valence-electron chi connectivity index (χ4n) is 4.79. The van der Waals surface area contributed by atoms with Crippen molar-refractivity contribution in [3.05, 3.63) is 63.6 Å². The molecule has 0 aromatic heterocycles. The molecule has 4 rings (SSSR count). The fraction of sp³-hybridized carbons (Fsp3) is 0.462. The Bertz CT molecular complexity index is 983. The van der Waals surface area contributed by atoms with E-state index in [1.165, 1.54) is 19.3 Å².